The molecule has 0 fully saturated rings. The first kappa shape index (κ1) is 11.9. The zero-order valence-corrected chi connectivity index (χ0v) is 11.1. The average Bonchev–Trinajstić information content (AvgIpc) is 2.68. The van der Waals surface area contributed by atoms with Crippen molar-refractivity contribution in [1.29, 1.82) is 0 Å². The van der Waals surface area contributed by atoms with Gasteiger partial charge in [0.25, 0.3) is 0 Å². The molecule has 3 nitrogen and oxygen atoms in total. The van der Waals surface area contributed by atoms with Crippen LogP contribution in [0.3, 0.4) is 0 Å². The molecular formula is C12H20N2OS. The Morgan fingerprint density at radius 3 is 3.06 bits per heavy atom. The first-order valence-electron chi connectivity index (χ1n) is 5.94. The molecule has 2 atom stereocenters. The highest BCUT2D eigenvalue weighted by molar-refractivity contribution is 7.15. The van der Waals surface area contributed by atoms with Gasteiger partial charge in [0, 0.05) is 24.4 Å². The number of fused-ring (bicyclic) bond motifs is 1. The Morgan fingerprint density at radius 2 is 2.31 bits per heavy atom. The molecule has 16 heavy (non-hydrogen) atoms. The number of aryl methyl sites for hydroxylation is 1. The summed E-state index contributed by atoms with van der Waals surface area (Å²) in [6, 6.07) is 0. The van der Waals surface area contributed by atoms with Crippen LogP contribution in [0.4, 0.5) is 5.13 Å². The Hall–Kier alpha value is -0.610. The van der Waals surface area contributed by atoms with Gasteiger partial charge in [0.2, 0.25) is 0 Å². The Labute approximate surface area is 101 Å². The molecule has 0 aliphatic heterocycles. The van der Waals surface area contributed by atoms with E-state index in [0.29, 0.717) is 5.92 Å². The summed E-state index contributed by atoms with van der Waals surface area (Å²) in [6.07, 6.45) is 2.50. The van der Waals surface area contributed by atoms with E-state index in [-0.39, 0.29) is 0 Å². The van der Waals surface area contributed by atoms with Gasteiger partial charge in [0.15, 0.2) is 5.13 Å². The molecule has 90 valence electrons. The fourth-order valence-corrected chi connectivity index (χ4v) is 3.22. The molecule has 1 aliphatic rings. The summed E-state index contributed by atoms with van der Waals surface area (Å²) in [4.78, 5) is 6.18. The number of nitrogens with zero attached hydrogens (tertiary/aromatic N) is 1. The number of aromatic nitrogens is 1. The number of ether oxygens (including phenoxy) is 1. The van der Waals surface area contributed by atoms with Crippen LogP contribution in [0.5, 0.6) is 0 Å². The lowest BCUT2D eigenvalue weighted by Gasteiger charge is -2.24. The van der Waals surface area contributed by atoms with Gasteiger partial charge in [-0.2, -0.15) is 0 Å². The van der Waals surface area contributed by atoms with Crippen molar-refractivity contribution in [1.82, 2.24) is 4.98 Å². The molecule has 1 aliphatic carbocycles. The summed E-state index contributed by atoms with van der Waals surface area (Å²) in [6.45, 7) is 6.19. The van der Waals surface area contributed by atoms with Crippen molar-refractivity contribution >= 4 is 16.5 Å². The fourth-order valence-electron chi connectivity index (χ4n) is 2.11. The van der Waals surface area contributed by atoms with Crippen LogP contribution >= 0.6 is 11.3 Å². The van der Waals surface area contributed by atoms with E-state index in [0.717, 1.165) is 24.2 Å². The van der Waals surface area contributed by atoms with E-state index in [1.807, 2.05) is 11.3 Å². The molecule has 2 rings (SSSR count). The van der Waals surface area contributed by atoms with E-state index in [9.17, 15) is 0 Å². The Kier molecular flexibility index (Phi) is 3.82. The number of rotatable bonds is 4. The van der Waals surface area contributed by atoms with E-state index < -0.39 is 0 Å². The third-order valence-corrected chi connectivity index (χ3v) is 4.51. The largest absolute Gasteiger partial charge is 0.383 e. The van der Waals surface area contributed by atoms with Crippen molar-refractivity contribution in [2.45, 2.75) is 32.6 Å². The van der Waals surface area contributed by atoms with Gasteiger partial charge in [-0.3, -0.25) is 0 Å². The molecule has 0 saturated heterocycles. The second-order valence-corrected chi connectivity index (χ2v) is 5.64. The predicted octanol–water partition coefficient (Wildman–Crippen LogP) is 2.89. The lowest BCUT2D eigenvalue weighted by Crippen LogP contribution is -2.14. The van der Waals surface area contributed by atoms with E-state index in [2.05, 4.69) is 19.2 Å². The third kappa shape index (κ3) is 2.38. The molecule has 0 amide bonds. The Balaban J connectivity index is 2.05. The van der Waals surface area contributed by atoms with E-state index in [1.165, 1.54) is 23.4 Å². The van der Waals surface area contributed by atoms with Crippen LogP contribution in [-0.4, -0.2) is 25.2 Å². The minimum Gasteiger partial charge on any atom is -0.383 e. The highest BCUT2D eigenvalue weighted by Gasteiger charge is 2.26. The average molecular weight is 240 g/mol. The van der Waals surface area contributed by atoms with E-state index >= 15 is 0 Å². The highest BCUT2D eigenvalue weighted by atomic mass is 32.1. The van der Waals surface area contributed by atoms with Gasteiger partial charge in [0.05, 0.1) is 12.3 Å². The maximum Gasteiger partial charge on any atom is 0.183 e. The van der Waals surface area contributed by atoms with Gasteiger partial charge in [-0.25, -0.2) is 4.98 Å². The van der Waals surface area contributed by atoms with Crippen LogP contribution in [0.25, 0.3) is 0 Å². The highest BCUT2D eigenvalue weighted by Crippen LogP contribution is 2.39. The van der Waals surface area contributed by atoms with Crippen LogP contribution in [-0.2, 0) is 11.2 Å². The zero-order valence-electron chi connectivity index (χ0n) is 10.2. The summed E-state index contributed by atoms with van der Waals surface area (Å²) in [7, 11) is 1.72. The molecule has 4 heteroatoms. The summed E-state index contributed by atoms with van der Waals surface area (Å²) in [5.41, 5.74) is 1.32. The minimum absolute atomic E-state index is 0.609. The quantitative estimate of drug-likeness (QED) is 0.822. The van der Waals surface area contributed by atoms with Crippen molar-refractivity contribution < 1.29 is 4.74 Å². The van der Waals surface area contributed by atoms with Gasteiger partial charge >= 0.3 is 0 Å². The van der Waals surface area contributed by atoms with E-state index in [1.54, 1.807) is 7.11 Å². The molecule has 1 heterocycles. The molecular weight excluding hydrogens is 220 g/mol. The molecule has 1 aromatic heterocycles. The van der Waals surface area contributed by atoms with Crippen molar-refractivity contribution in [2.24, 2.45) is 5.92 Å². The lowest BCUT2D eigenvalue weighted by molar-refractivity contribution is 0.211. The summed E-state index contributed by atoms with van der Waals surface area (Å²) < 4.78 is 5.02. The summed E-state index contributed by atoms with van der Waals surface area (Å²) >= 11 is 1.81. The maximum atomic E-state index is 5.02. The predicted molar refractivity (Wildman–Crippen MR) is 68.4 cm³/mol. The molecule has 0 spiro atoms. The monoisotopic (exact) mass is 240 g/mol. The molecule has 0 aromatic carbocycles. The number of hydrogen-bond acceptors (Lipinski definition) is 4. The van der Waals surface area contributed by atoms with Crippen molar-refractivity contribution in [3.05, 3.63) is 10.6 Å². The SMILES string of the molecule is COCCNc1nc2c(s1)CCC(C)C2C. The van der Waals surface area contributed by atoms with Gasteiger partial charge in [0.1, 0.15) is 0 Å². The number of hydrogen-bond donors (Lipinski definition) is 1. The van der Waals surface area contributed by atoms with Crippen molar-refractivity contribution in [3.63, 3.8) is 0 Å². The number of methoxy groups -OCH3 is 1. The van der Waals surface area contributed by atoms with Crippen LogP contribution in [0.15, 0.2) is 0 Å². The molecule has 2 unspecified atom stereocenters. The number of anilines is 1. The second-order valence-electron chi connectivity index (χ2n) is 4.55. The number of thiazole rings is 1. The molecule has 1 aromatic rings. The van der Waals surface area contributed by atoms with Crippen molar-refractivity contribution in [3.8, 4) is 0 Å². The topological polar surface area (TPSA) is 34.1 Å². The van der Waals surface area contributed by atoms with E-state index in [4.69, 9.17) is 9.72 Å². The van der Waals surface area contributed by atoms with Gasteiger partial charge in [-0.15, -0.1) is 11.3 Å². The fraction of sp³-hybridized carbons (Fsp3) is 0.750. The maximum absolute atomic E-state index is 5.02. The Bertz CT molecular complexity index is 351. The van der Waals surface area contributed by atoms with Crippen LogP contribution in [0.2, 0.25) is 0 Å². The van der Waals surface area contributed by atoms with Crippen LogP contribution in [0.1, 0.15) is 36.8 Å². The van der Waals surface area contributed by atoms with Gasteiger partial charge in [-0.05, 0) is 18.8 Å². The lowest BCUT2D eigenvalue weighted by atomic mass is 9.83. The summed E-state index contributed by atoms with van der Waals surface area (Å²) in [5, 5.41) is 4.38. The molecule has 0 saturated carbocycles. The zero-order chi connectivity index (χ0) is 11.5. The Morgan fingerprint density at radius 1 is 1.50 bits per heavy atom. The first-order valence-corrected chi connectivity index (χ1v) is 6.76. The smallest absolute Gasteiger partial charge is 0.183 e. The van der Waals surface area contributed by atoms with Gasteiger partial charge in [-0.1, -0.05) is 13.8 Å². The second kappa shape index (κ2) is 5.15. The van der Waals surface area contributed by atoms with Crippen LogP contribution in [0, 0.1) is 5.92 Å². The summed E-state index contributed by atoms with van der Waals surface area (Å²) in [5.74, 6) is 1.37. The number of nitrogens with one attached hydrogen (secondary N) is 1. The third-order valence-electron chi connectivity index (χ3n) is 3.42. The van der Waals surface area contributed by atoms with Crippen LogP contribution < -0.4 is 5.32 Å². The molecule has 0 bridgehead atoms. The molecule has 0 radical (unpaired) electrons. The first-order chi connectivity index (χ1) is 7.72. The van der Waals surface area contributed by atoms with Gasteiger partial charge < -0.3 is 10.1 Å². The molecule has 1 N–H and O–H groups in total. The van der Waals surface area contributed by atoms with Crippen molar-refractivity contribution in [2.75, 3.05) is 25.6 Å². The minimum atomic E-state index is 0.609. The normalized spacial score (nSPS) is 24.2. The standard InChI is InChI=1S/C12H20N2OS/c1-8-4-5-10-11(9(8)2)14-12(16-10)13-6-7-15-3/h8-9H,4-7H2,1-3H3,(H,13,14).